The lowest BCUT2D eigenvalue weighted by Crippen LogP contribution is -2.18. The predicted octanol–water partition coefficient (Wildman–Crippen LogP) is 4.03. The quantitative estimate of drug-likeness (QED) is 0.591. The van der Waals surface area contributed by atoms with Gasteiger partial charge < -0.3 is 15.7 Å². The lowest BCUT2D eigenvalue weighted by Gasteiger charge is -2.19. The van der Waals surface area contributed by atoms with Gasteiger partial charge in [0, 0.05) is 30.2 Å². The van der Waals surface area contributed by atoms with Gasteiger partial charge in [0.25, 0.3) is 0 Å². The van der Waals surface area contributed by atoms with Crippen LogP contribution < -0.4 is 10.6 Å². The molecule has 1 aliphatic rings. The van der Waals surface area contributed by atoms with Crippen LogP contribution in [0.3, 0.4) is 0 Å². The van der Waals surface area contributed by atoms with E-state index in [-0.39, 0.29) is 11.7 Å². The summed E-state index contributed by atoms with van der Waals surface area (Å²) >= 11 is 0. The van der Waals surface area contributed by atoms with E-state index in [2.05, 4.69) is 15.6 Å². The first-order valence-electron chi connectivity index (χ1n) is 8.30. The third-order valence-electron chi connectivity index (χ3n) is 4.41. The zero-order valence-electron chi connectivity index (χ0n) is 13.4. The normalized spacial score (nSPS) is 16.0. The van der Waals surface area contributed by atoms with Gasteiger partial charge in [0.05, 0.1) is 5.69 Å². The molecule has 0 unspecified atom stereocenters. The molecule has 0 saturated heterocycles. The molecule has 1 aromatic carbocycles. The molecule has 1 aromatic heterocycles. The molecule has 5 nitrogen and oxygen atoms in total. The number of nitrogens with one attached hydrogen (secondary N) is 2. The van der Waals surface area contributed by atoms with E-state index >= 15 is 0 Å². The highest BCUT2D eigenvalue weighted by molar-refractivity contribution is 6.01. The number of anilines is 2. The zero-order chi connectivity index (χ0) is 16.2. The second-order valence-electron chi connectivity index (χ2n) is 6.23. The monoisotopic (exact) mass is 313 g/mol. The summed E-state index contributed by atoms with van der Waals surface area (Å²) in [6.45, 7) is 1.42. The van der Waals surface area contributed by atoms with Crippen molar-refractivity contribution in [3.8, 4) is 5.75 Å². The largest absolute Gasteiger partial charge is 0.504 e. The fraction of sp³-hybridized carbons (Fsp3) is 0.444. The van der Waals surface area contributed by atoms with Crippen LogP contribution in [0.2, 0.25) is 0 Å². The summed E-state index contributed by atoms with van der Waals surface area (Å²) in [7, 11) is 0. The molecule has 3 N–H and O–H groups in total. The van der Waals surface area contributed by atoms with Gasteiger partial charge >= 0.3 is 0 Å². The van der Waals surface area contributed by atoms with Crippen LogP contribution in [0.5, 0.6) is 5.75 Å². The van der Waals surface area contributed by atoms with Crippen molar-refractivity contribution in [2.75, 3.05) is 10.6 Å². The van der Waals surface area contributed by atoms with Crippen molar-refractivity contribution in [1.82, 2.24) is 4.98 Å². The number of hydrogen-bond donors (Lipinski definition) is 3. The molecule has 1 heterocycles. The maximum absolute atomic E-state index is 11.2. The Labute approximate surface area is 136 Å². The summed E-state index contributed by atoms with van der Waals surface area (Å²) in [4.78, 5) is 15.5. The number of fused-ring (bicyclic) bond motifs is 1. The first-order chi connectivity index (χ1) is 11.1. The molecule has 0 atom stereocenters. The SMILES string of the molecule is CC(=O)Nc1ccc2c(NC3CCCCCC3)ccnc2c1O. The van der Waals surface area contributed by atoms with Gasteiger partial charge in [-0.1, -0.05) is 25.7 Å². The third kappa shape index (κ3) is 3.55. The number of pyridine rings is 1. The number of hydrogen-bond acceptors (Lipinski definition) is 4. The summed E-state index contributed by atoms with van der Waals surface area (Å²) < 4.78 is 0. The Morgan fingerprint density at radius 1 is 1.13 bits per heavy atom. The molecule has 1 amide bonds. The van der Waals surface area contributed by atoms with Crippen LogP contribution in [-0.4, -0.2) is 22.0 Å². The Hall–Kier alpha value is -2.30. The van der Waals surface area contributed by atoms with E-state index < -0.39 is 0 Å². The second-order valence-corrected chi connectivity index (χ2v) is 6.23. The Morgan fingerprint density at radius 2 is 1.87 bits per heavy atom. The van der Waals surface area contributed by atoms with Crippen LogP contribution in [0.25, 0.3) is 10.9 Å². The van der Waals surface area contributed by atoms with Crippen molar-refractivity contribution < 1.29 is 9.90 Å². The second kappa shape index (κ2) is 6.86. The Balaban J connectivity index is 1.92. The maximum Gasteiger partial charge on any atom is 0.221 e. The summed E-state index contributed by atoms with van der Waals surface area (Å²) in [5.74, 6) is -0.199. The van der Waals surface area contributed by atoms with Crippen LogP contribution in [-0.2, 0) is 4.79 Å². The third-order valence-corrected chi connectivity index (χ3v) is 4.41. The molecule has 2 aromatic rings. The van der Waals surface area contributed by atoms with Gasteiger partial charge in [0.2, 0.25) is 5.91 Å². The number of phenols is 1. The molecule has 0 bridgehead atoms. The van der Waals surface area contributed by atoms with Crippen molar-refractivity contribution in [2.45, 2.75) is 51.5 Å². The molecule has 1 aliphatic carbocycles. The average Bonchev–Trinajstić information content (AvgIpc) is 2.79. The maximum atomic E-state index is 11.2. The van der Waals surface area contributed by atoms with Gasteiger partial charge in [0.15, 0.2) is 5.75 Å². The number of nitrogens with zero attached hydrogens (tertiary/aromatic N) is 1. The number of phenolic OH excluding ortho intramolecular Hbond substituents is 1. The number of carbonyl (C=O) groups is 1. The lowest BCUT2D eigenvalue weighted by atomic mass is 10.1. The van der Waals surface area contributed by atoms with Crippen molar-refractivity contribution in [1.29, 1.82) is 0 Å². The summed E-state index contributed by atoms with van der Waals surface area (Å²) in [5.41, 5.74) is 1.89. The van der Waals surface area contributed by atoms with Crippen LogP contribution >= 0.6 is 0 Å². The first-order valence-corrected chi connectivity index (χ1v) is 8.30. The van der Waals surface area contributed by atoms with Crippen LogP contribution in [0, 0.1) is 0 Å². The van der Waals surface area contributed by atoms with E-state index in [1.807, 2.05) is 12.1 Å². The molecule has 5 heteroatoms. The molecule has 23 heavy (non-hydrogen) atoms. The van der Waals surface area contributed by atoms with Crippen LogP contribution in [0.4, 0.5) is 11.4 Å². The molecule has 1 saturated carbocycles. The zero-order valence-corrected chi connectivity index (χ0v) is 13.4. The van der Waals surface area contributed by atoms with Gasteiger partial charge in [-0.25, -0.2) is 0 Å². The molecule has 0 spiro atoms. The van der Waals surface area contributed by atoms with Crippen LogP contribution in [0.1, 0.15) is 45.4 Å². The lowest BCUT2D eigenvalue weighted by molar-refractivity contribution is -0.114. The number of aromatic nitrogens is 1. The van der Waals surface area contributed by atoms with E-state index in [0.29, 0.717) is 17.2 Å². The Morgan fingerprint density at radius 3 is 2.57 bits per heavy atom. The first kappa shape index (κ1) is 15.6. The highest BCUT2D eigenvalue weighted by Gasteiger charge is 2.15. The molecule has 0 aliphatic heterocycles. The highest BCUT2D eigenvalue weighted by atomic mass is 16.3. The van der Waals surface area contributed by atoms with E-state index in [9.17, 15) is 9.90 Å². The van der Waals surface area contributed by atoms with Gasteiger partial charge in [0.1, 0.15) is 5.52 Å². The number of aromatic hydroxyl groups is 1. The molecule has 3 rings (SSSR count). The molecule has 122 valence electrons. The van der Waals surface area contributed by atoms with Crippen molar-refractivity contribution in [3.63, 3.8) is 0 Å². The minimum absolute atomic E-state index is 0.0159. The van der Waals surface area contributed by atoms with E-state index in [1.165, 1.54) is 45.4 Å². The van der Waals surface area contributed by atoms with E-state index in [0.717, 1.165) is 11.1 Å². The smallest absolute Gasteiger partial charge is 0.221 e. The summed E-state index contributed by atoms with van der Waals surface area (Å²) in [5, 5.41) is 17.5. The van der Waals surface area contributed by atoms with Crippen LogP contribution in [0.15, 0.2) is 24.4 Å². The predicted molar refractivity (Wildman–Crippen MR) is 92.8 cm³/mol. The number of amides is 1. The Bertz CT molecular complexity index is 707. The van der Waals surface area contributed by atoms with Gasteiger partial charge in [-0.2, -0.15) is 0 Å². The molecular weight excluding hydrogens is 290 g/mol. The molecule has 0 radical (unpaired) electrons. The number of carbonyl (C=O) groups excluding carboxylic acids is 1. The summed E-state index contributed by atoms with van der Waals surface area (Å²) in [6.07, 6.45) is 9.21. The number of benzene rings is 1. The van der Waals surface area contributed by atoms with Gasteiger partial charge in [-0.15, -0.1) is 0 Å². The van der Waals surface area contributed by atoms with Crippen molar-refractivity contribution in [3.05, 3.63) is 24.4 Å². The standard InChI is InChI=1S/C18H23N3O2/c1-12(22)20-16-9-8-14-15(10-11-19-17(14)18(16)23)21-13-6-4-2-3-5-7-13/h8-11,13,23H,2-7H2,1H3,(H,19,21)(H,20,22). The van der Waals surface area contributed by atoms with Crippen molar-refractivity contribution in [2.24, 2.45) is 0 Å². The minimum atomic E-state index is -0.215. The van der Waals surface area contributed by atoms with Gasteiger partial charge in [-0.3, -0.25) is 9.78 Å². The van der Waals surface area contributed by atoms with E-state index in [1.54, 1.807) is 12.3 Å². The topological polar surface area (TPSA) is 74.2 Å². The highest BCUT2D eigenvalue weighted by Crippen LogP contribution is 2.35. The molecular formula is C18H23N3O2. The Kier molecular flexibility index (Phi) is 4.65. The molecule has 1 fully saturated rings. The fourth-order valence-electron chi connectivity index (χ4n) is 3.26. The fourth-order valence-corrected chi connectivity index (χ4v) is 3.26. The van der Waals surface area contributed by atoms with E-state index in [4.69, 9.17) is 0 Å². The number of rotatable bonds is 3. The minimum Gasteiger partial charge on any atom is -0.504 e. The van der Waals surface area contributed by atoms with Crippen molar-refractivity contribution >= 4 is 28.2 Å². The van der Waals surface area contributed by atoms with Gasteiger partial charge in [-0.05, 0) is 31.0 Å². The average molecular weight is 313 g/mol. The summed E-state index contributed by atoms with van der Waals surface area (Å²) in [6, 6.07) is 6.04.